The molecule has 1 N–H and O–H groups in total. The Labute approximate surface area is 134 Å². The molecule has 0 radical (unpaired) electrons. The smallest absolute Gasteiger partial charge is 0.253 e. The number of carbonyl (C=O) groups excluding carboxylic acids is 1. The average Bonchev–Trinajstić information content (AvgIpc) is 2.83. The lowest BCUT2D eigenvalue weighted by molar-refractivity contribution is -0.152. The molecule has 0 unspecified atom stereocenters. The molecule has 124 valence electrons. The van der Waals surface area contributed by atoms with E-state index in [2.05, 4.69) is 10.3 Å². The van der Waals surface area contributed by atoms with Gasteiger partial charge in [-0.25, -0.2) is 13.4 Å². The number of thiazole rings is 1. The zero-order chi connectivity index (χ0) is 16.4. The molecule has 0 saturated carbocycles. The van der Waals surface area contributed by atoms with Gasteiger partial charge in [-0.05, 0) is 13.8 Å². The summed E-state index contributed by atoms with van der Waals surface area (Å²) in [4.78, 5) is 16.6. The second-order valence-corrected chi connectivity index (χ2v) is 8.49. The lowest BCUT2D eigenvalue weighted by atomic mass is 10.0. The van der Waals surface area contributed by atoms with Crippen LogP contribution in [0, 0.1) is 6.92 Å². The zero-order valence-corrected chi connectivity index (χ0v) is 14.6. The van der Waals surface area contributed by atoms with Crippen LogP contribution in [0.5, 0.6) is 0 Å². The fourth-order valence-electron chi connectivity index (χ4n) is 2.24. The average molecular weight is 347 g/mol. The van der Waals surface area contributed by atoms with Crippen molar-refractivity contribution in [2.45, 2.75) is 25.9 Å². The van der Waals surface area contributed by atoms with Gasteiger partial charge >= 0.3 is 0 Å². The molecule has 0 bridgehead atoms. The zero-order valence-electron chi connectivity index (χ0n) is 13.0. The second kappa shape index (κ2) is 6.61. The summed E-state index contributed by atoms with van der Waals surface area (Å²) in [5.41, 5.74) is -0.183. The summed E-state index contributed by atoms with van der Waals surface area (Å²) in [6, 6.07) is 0. The first-order valence-electron chi connectivity index (χ1n) is 6.99. The molecule has 7 nitrogen and oxygen atoms in total. The van der Waals surface area contributed by atoms with E-state index in [0.29, 0.717) is 13.0 Å². The highest BCUT2D eigenvalue weighted by Crippen LogP contribution is 2.20. The highest BCUT2D eigenvalue weighted by Gasteiger charge is 2.41. The van der Waals surface area contributed by atoms with E-state index < -0.39 is 15.6 Å². The van der Waals surface area contributed by atoms with Crippen LogP contribution < -0.4 is 5.32 Å². The van der Waals surface area contributed by atoms with Crippen LogP contribution in [0.4, 0.5) is 0 Å². The Kier molecular flexibility index (Phi) is 5.21. The molecule has 1 aromatic heterocycles. The molecule has 0 spiro atoms. The maximum Gasteiger partial charge on any atom is 0.253 e. The predicted octanol–water partition coefficient (Wildman–Crippen LogP) is 0.161. The van der Waals surface area contributed by atoms with Gasteiger partial charge in [-0.15, -0.1) is 11.3 Å². The number of sulfonamides is 1. The van der Waals surface area contributed by atoms with Crippen molar-refractivity contribution in [3.05, 3.63) is 16.1 Å². The van der Waals surface area contributed by atoms with Crippen molar-refractivity contribution in [2.24, 2.45) is 0 Å². The monoisotopic (exact) mass is 347 g/mol. The maximum absolute atomic E-state index is 12.3. The minimum absolute atomic E-state index is 0.0357. The third-order valence-electron chi connectivity index (χ3n) is 3.48. The van der Waals surface area contributed by atoms with E-state index in [1.165, 1.54) is 4.31 Å². The summed E-state index contributed by atoms with van der Waals surface area (Å²) in [5, 5.41) is 5.73. The molecule has 1 aliphatic heterocycles. The first-order chi connectivity index (χ1) is 10.2. The summed E-state index contributed by atoms with van der Waals surface area (Å²) < 4.78 is 30.1. The minimum atomic E-state index is -3.33. The van der Waals surface area contributed by atoms with Crippen LogP contribution in [0.3, 0.4) is 0 Å². The number of morpholine rings is 1. The van der Waals surface area contributed by atoms with E-state index >= 15 is 0 Å². The fraction of sp³-hybridized carbons (Fsp3) is 0.692. The Morgan fingerprint density at radius 3 is 2.91 bits per heavy atom. The lowest BCUT2D eigenvalue weighted by Gasteiger charge is -2.37. The molecule has 0 aromatic carbocycles. The van der Waals surface area contributed by atoms with Gasteiger partial charge in [0.1, 0.15) is 0 Å². The Hall–Kier alpha value is -1.03. The first-order valence-corrected chi connectivity index (χ1v) is 9.72. The van der Waals surface area contributed by atoms with Crippen LogP contribution in [-0.4, -0.2) is 61.7 Å². The van der Waals surface area contributed by atoms with Crippen molar-refractivity contribution in [1.82, 2.24) is 14.6 Å². The van der Waals surface area contributed by atoms with Gasteiger partial charge in [0, 0.05) is 30.6 Å². The van der Waals surface area contributed by atoms with Gasteiger partial charge in [0.25, 0.3) is 5.91 Å². The third-order valence-corrected chi connectivity index (χ3v) is 5.76. The Morgan fingerprint density at radius 2 is 2.32 bits per heavy atom. The van der Waals surface area contributed by atoms with E-state index in [-0.39, 0.29) is 25.6 Å². The molecule has 2 rings (SSSR count). The molecule has 2 heterocycles. The molecule has 1 aliphatic rings. The summed E-state index contributed by atoms with van der Waals surface area (Å²) in [7, 11) is -3.33. The van der Waals surface area contributed by atoms with E-state index in [1.807, 2.05) is 12.3 Å². The first kappa shape index (κ1) is 17.3. The third kappa shape index (κ3) is 4.25. The SMILES string of the molecule is Cc1csc(CCNC(=O)[C@@]2(C)CN(S(C)(=O)=O)CCO2)n1. The lowest BCUT2D eigenvalue weighted by Crippen LogP contribution is -2.59. The summed E-state index contributed by atoms with van der Waals surface area (Å²) in [6.45, 7) is 4.52. The van der Waals surface area contributed by atoms with Crippen molar-refractivity contribution in [2.75, 3.05) is 32.5 Å². The van der Waals surface area contributed by atoms with Gasteiger partial charge in [0.05, 0.1) is 24.4 Å². The van der Waals surface area contributed by atoms with E-state index in [4.69, 9.17) is 4.74 Å². The number of aryl methyl sites for hydroxylation is 1. The molecule has 1 atom stereocenters. The van der Waals surface area contributed by atoms with Crippen LogP contribution in [0.15, 0.2) is 5.38 Å². The second-order valence-electron chi connectivity index (χ2n) is 5.56. The van der Waals surface area contributed by atoms with Crippen molar-refractivity contribution in [3.63, 3.8) is 0 Å². The van der Waals surface area contributed by atoms with Gasteiger partial charge in [-0.1, -0.05) is 0 Å². The highest BCUT2D eigenvalue weighted by molar-refractivity contribution is 7.88. The van der Waals surface area contributed by atoms with Gasteiger partial charge in [0.15, 0.2) is 5.60 Å². The molecule has 0 aliphatic carbocycles. The Balaban J connectivity index is 1.90. The Morgan fingerprint density at radius 1 is 1.59 bits per heavy atom. The largest absolute Gasteiger partial charge is 0.363 e. The molecule has 22 heavy (non-hydrogen) atoms. The van der Waals surface area contributed by atoms with Crippen LogP contribution in [0.2, 0.25) is 0 Å². The number of nitrogens with zero attached hydrogens (tertiary/aromatic N) is 2. The summed E-state index contributed by atoms with van der Waals surface area (Å²) in [6.07, 6.45) is 1.79. The number of hydrogen-bond donors (Lipinski definition) is 1. The molecular formula is C13H21N3O4S2. The topological polar surface area (TPSA) is 88.6 Å². The molecule has 1 amide bonds. The van der Waals surface area contributed by atoms with Crippen molar-refractivity contribution >= 4 is 27.3 Å². The van der Waals surface area contributed by atoms with Crippen LogP contribution >= 0.6 is 11.3 Å². The minimum Gasteiger partial charge on any atom is -0.363 e. The number of rotatable bonds is 5. The van der Waals surface area contributed by atoms with Crippen LogP contribution in [0.1, 0.15) is 17.6 Å². The fourth-order valence-corrected chi connectivity index (χ4v) is 3.90. The standard InChI is InChI=1S/C13H21N3O4S2/c1-10-8-21-11(15-10)4-5-14-12(17)13(2)9-16(6-7-20-13)22(3,18)19/h8H,4-7,9H2,1-3H3,(H,14,17)/t13-/m1/s1. The van der Waals surface area contributed by atoms with Crippen molar-refractivity contribution < 1.29 is 17.9 Å². The van der Waals surface area contributed by atoms with E-state index in [1.54, 1.807) is 18.3 Å². The predicted molar refractivity (Wildman–Crippen MR) is 84.3 cm³/mol. The molecular weight excluding hydrogens is 326 g/mol. The highest BCUT2D eigenvalue weighted by atomic mass is 32.2. The van der Waals surface area contributed by atoms with Crippen LogP contribution in [-0.2, 0) is 26.0 Å². The summed E-state index contributed by atoms with van der Waals surface area (Å²) >= 11 is 1.56. The van der Waals surface area contributed by atoms with Crippen molar-refractivity contribution in [3.8, 4) is 0 Å². The number of amides is 1. The van der Waals surface area contributed by atoms with Gasteiger partial charge in [0.2, 0.25) is 10.0 Å². The number of aromatic nitrogens is 1. The normalized spacial score (nSPS) is 23.4. The summed E-state index contributed by atoms with van der Waals surface area (Å²) in [5.74, 6) is -0.297. The maximum atomic E-state index is 12.3. The quantitative estimate of drug-likeness (QED) is 0.820. The van der Waals surface area contributed by atoms with Gasteiger partial charge < -0.3 is 10.1 Å². The number of ether oxygens (including phenoxy) is 1. The number of carbonyl (C=O) groups is 1. The van der Waals surface area contributed by atoms with Gasteiger partial charge in [-0.2, -0.15) is 4.31 Å². The molecule has 1 saturated heterocycles. The van der Waals surface area contributed by atoms with Crippen LogP contribution in [0.25, 0.3) is 0 Å². The molecule has 1 aromatic rings. The number of nitrogens with one attached hydrogen (secondary N) is 1. The van der Waals surface area contributed by atoms with Crippen molar-refractivity contribution in [1.29, 1.82) is 0 Å². The molecule has 1 fully saturated rings. The van der Waals surface area contributed by atoms with Gasteiger partial charge in [-0.3, -0.25) is 4.79 Å². The van der Waals surface area contributed by atoms with E-state index in [9.17, 15) is 13.2 Å². The number of hydrogen-bond acceptors (Lipinski definition) is 6. The van der Waals surface area contributed by atoms with E-state index in [0.717, 1.165) is 17.0 Å². The molecule has 9 heteroatoms. The Bertz CT molecular complexity index is 643.